The van der Waals surface area contributed by atoms with Crippen LogP contribution in [0.25, 0.3) is 71.7 Å². The van der Waals surface area contributed by atoms with Crippen molar-refractivity contribution in [2.24, 2.45) is 0 Å². The van der Waals surface area contributed by atoms with E-state index in [9.17, 15) is 0 Å². The summed E-state index contributed by atoms with van der Waals surface area (Å²) in [6.45, 7) is 11.9. The molecule has 6 aromatic carbocycles. The van der Waals surface area contributed by atoms with Gasteiger partial charge in [-0.05, 0) is 68.9 Å². The van der Waals surface area contributed by atoms with Crippen molar-refractivity contribution in [2.45, 2.75) is 38.9 Å². The van der Waals surface area contributed by atoms with Gasteiger partial charge in [-0.1, -0.05) is 124 Å². The van der Waals surface area contributed by atoms with E-state index in [0.29, 0.717) is 0 Å². The third-order valence-corrected chi connectivity index (χ3v) is 12.2. The fourth-order valence-corrected chi connectivity index (χ4v) is 9.33. The van der Waals surface area contributed by atoms with Crippen molar-refractivity contribution in [2.75, 3.05) is 0 Å². The minimum absolute atomic E-state index is 0.0251. The van der Waals surface area contributed by atoms with Crippen LogP contribution in [-0.2, 0) is 5.41 Å². The van der Waals surface area contributed by atoms with Crippen molar-refractivity contribution in [3.8, 4) is 27.9 Å². The molecule has 2 heterocycles. The molecule has 0 N–H and O–H groups in total. The van der Waals surface area contributed by atoms with Crippen LogP contribution in [0.1, 0.15) is 25.0 Å². The van der Waals surface area contributed by atoms with E-state index in [-0.39, 0.29) is 5.41 Å². The molecule has 218 valence electrons. The molecule has 0 fully saturated rings. The number of hydrogen-bond acceptors (Lipinski definition) is 1. The first-order valence-electron chi connectivity index (χ1n) is 15.9. The van der Waals surface area contributed by atoms with Crippen LogP contribution in [0, 0.1) is 0 Å². The molecule has 2 aromatic heterocycles. The van der Waals surface area contributed by atoms with Crippen LogP contribution in [0.3, 0.4) is 0 Å². The Balaban J connectivity index is 1.26. The van der Waals surface area contributed by atoms with Crippen LogP contribution in [0.15, 0.2) is 126 Å². The van der Waals surface area contributed by atoms with E-state index < -0.39 is 8.07 Å². The van der Waals surface area contributed by atoms with Gasteiger partial charge in [0.2, 0.25) is 0 Å². The van der Waals surface area contributed by atoms with Crippen molar-refractivity contribution in [1.29, 1.82) is 0 Å². The standard InChI is InChI=1S/C42H35NOSi/c1-42(2)34-16-8-6-12-28(34)29-22-20-27(25-35(29)42)26-21-23-37-33(24-26)30-13-7-9-17-36(30)43(37)38-18-10-14-31-32-15-11-19-39(45(3,4)5)41(32)44-40(31)38/h6-25H,1-5H3. The Morgan fingerprint density at radius 1 is 0.533 bits per heavy atom. The molecule has 0 aliphatic heterocycles. The fourth-order valence-electron chi connectivity index (χ4n) is 7.87. The molecule has 0 atom stereocenters. The molecule has 0 amide bonds. The highest BCUT2D eigenvalue weighted by Gasteiger charge is 2.35. The molecule has 45 heavy (non-hydrogen) atoms. The van der Waals surface area contributed by atoms with Gasteiger partial charge in [0.05, 0.1) is 24.8 Å². The summed E-state index contributed by atoms with van der Waals surface area (Å²) in [5.74, 6) is 0. The minimum Gasteiger partial charge on any atom is -0.454 e. The number of aromatic nitrogens is 1. The van der Waals surface area contributed by atoms with Crippen molar-refractivity contribution in [1.82, 2.24) is 4.57 Å². The van der Waals surface area contributed by atoms with Crippen molar-refractivity contribution >= 4 is 57.0 Å². The minimum atomic E-state index is -1.60. The van der Waals surface area contributed by atoms with E-state index in [1.54, 1.807) is 0 Å². The summed E-state index contributed by atoms with van der Waals surface area (Å²) in [5.41, 5.74) is 13.4. The molecule has 9 rings (SSSR count). The van der Waals surface area contributed by atoms with Gasteiger partial charge in [0.25, 0.3) is 0 Å². The number of benzene rings is 6. The molecule has 0 radical (unpaired) electrons. The molecule has 2 nitrogen and oxygen atoms in total. The zero-order valence-electron chi connectivity index (χ0n) is 26.4. The van der Waals surface area contributed by atoms with Crippen molar-refractivity contribution < 1.29 is 4.42 Å². The Hall–Kier alpha value is -4.86. The molecule has 8 aromatic rings. The van der Waals surface area contributed by atoms with Crippen molar-refractivity contribution in [3.63, 3.8) is 0 Å². The first-order valence-corrected chi connectivity index (χ1v) is 19.4. The second-order valence-electron chi connectivity index (χ2n) is 14.2. The van der Waals surface area contributed by atoms with Gasteiger partial charge < -0.3 is 8.98 Å². The zero-order chi connectivity index (χ0) is 30.7. The molecule has 0 saturated heterocycles. The average Bonchev–Trinajstić information content (AvgIpc) is 3.66. The Kier molecular flexibility index (Phi) is 5.36. The van der Waals surface area contributed by atoms with Gasteiger partial charge in [-0.2, -0.15) is 0 Å². The highest BCUT2D eigenvalue weighted by atomic mass is 28.3. The number of fused-ring (bicyclic) bond motifs is 9. The maximum atomic E-state index is 6.86. The first kappa shape index (κ1) is 26.5. The summed E-state index contributed by atoms with van der Waals surface area (Å²) in [4.78, 5) is 0. The Labute approximate surface area is 264 Å². The average molecular weight is 598 g/mol. The van der Waals surface area contributed by atoms with Crippen molar-refractivity contribution in [3.05, 3.63) is 132 Å². The lowest BCUT2D eigenvalue weighted by Crippen LogP contribution is -2.37. The molecule has 0 unspecified atom stereocenters. The molecule has 3 heteroatoms. The lowest BCUT2D eigenvalue weighted by molar-refractivity contribution is 0.660. The predicted octanol–water partition coefficient (Wildman–Crippen LogP) is 11.2. The number of nitrogens with zero attached hydrogens (tertiary/aromatic N) is 1. The van der Waals surface area contributed by atoms with Crippen LogP contribution in [-0.4, -0.2) is 12.6 Å². The maximum Gasteiger partial charge on any atom is 0.159 e. The molecule has 0 bridgehead atoms. The first-order chi connectivity index (χ1) is 21.7. The Morgan fingerprint density at radius 3 is 2.02 bits per heavy atom. The second-order valence-corrected chi connectivity index (χ2v) is 19.2. The highest BCUT2D eigenvalue weighted by molar-refractivity contribution is 6.90. The summed E-state index contributed by atoms with van der Waals surface area (Å²) in [6.07, 6.45) is 0. The predicted molar refractivity (Wildman–Crippen MR) is 194 cm³/mol. The van der Waals surface area contributed by atoms with Crippen LogP contribution >= 0.6 is 0 Å². The van der Waals surface area contributed by atoms with E-state index in [2.05, 4.69) is 159 Å². The van der Waals surface area contributed by atoms with Gasteiger partial charge in [0.1, 0.15) is 5.58 Å². The second kappa shape index (κ2) is 9.09. The Bertz CT molecular complexity index is 2500. The summed E-state index contributed by atoms with van der Waals surface area (Å²) >= 11 is 0. The number of furan rings is 1. The molecule has 1 aliphatic rings. The topological polar surface area (TPSA) is 18.1 Å². The third-order valence-electron chi connectivity index (χ3n) is 10.1. The molecular weight excluding hydrogens is 563 g/mol. The van der Waals surface area contributed by atoms with E-state index in [1.165, 1.54) is 71.1 Å². The van der Waals surface area contributed by atoms with E-state index >= 15 is 0 Å². The normalized spacial score (nSPS) is 14.1. The zero-order valence-corrected chi connectivity index (χ0v) is 27.4. The summed E-state index contributed by atoms with van der Waals surface area (Å²) < 4.78 is 9.26. The van der Waals surface area contributed by atoms with Crippen LogP contribution in [0.2, 0.25) is 19.6 Å². The van der Waals surface area contributed by atoms with Gasteiger partial charge in [-0.3, -0.25) is 0 Å². The molecule has 0 saturated carbocycles. The highest BCUT2D eigenvalue weighted by Crippen LogP contribution is 2.49. The van der Waals surface area contributed by atoms with Crippen LogP contribution in [0.5, 0.6) is 0 Å². The summed E-state index contributed by atoms with van der Waals surface area (Å²) in [7, 11) is -1.60. The quantitative estimate of drug-likeness (QED) is 0.185. The van der Waals surface area contributed by atoms with Gasteiger partial charge >= 0.3 is 0 Å². The number of para-hydroxylation sites is 3. The molecule has 0 spiro atoms. The van der Waals surface area contributed by atoms with E-state index in [1.807, 2.05) is 0 Å². The van der Waals surface area contributed by atoms with Gasteiger partial charge in [-0.25, -0.2) is 0 Å². The fraction of sp³-hybridized carbons (Fsp3) is 0.143. The maximum absolute atomic E-state index is 6.86. The van der Waals surface area contributed by atoms with E-state index in [4.69, 9.17) is 4.42 Å². The third kappa shape index (κ3) is 3.68. The van der Waals surface area contributed by atoms with Gasteiger partial charge in [-0.15, -0.1) is 0 Å². The van der Waals surface area contributed by atoms with Crippen LogP contribution in [0.4, 0.5) is 0 Å². The summed E-state index contributed by atoms with van der Waals surface area (Å²) in [6, 6.07) is 44.9. The molecular formula is C42H35NOSi. The number of rotatable bonds is 3. The lowest BCUT2D eigenvalue weighted by atomic mass is 9.81. The van der Waals surface area contributed by atoms with Gasteiger partial charge in [0, 0.05) is 27.0 Å². The van der Waals surface area contributed by atoms with Crippen LogP contribution < -0.4 is 5.19 Å². The smallest absolute Gasteiger partial charge is 0.159 e. The molecule has 1 aliphatic carbocycles. The van der Waals surface area contributed by atoms with E-state index in [0.717, 1.165) is 16.9 Å². The summed E-state index contributed by atoms with van der Waals surface area (Å²) in [5, 5.41) is 6.25. The SMILES string of the molecule is CC1(C)c2ccccc2-c2ccc(-c3ccc4c(c3)c3ccccc3n4-c3cccc4c3oc3c([Si](C)(C)C)cccc34)cc21. The Morgan fingerprint density at radius 2 is 1.18 bits per heavy atom. The lowest BCUT2D eigenvalue weighted by Gasteiger charge is -2.22. The largest absolute Gasteiger partial charge is 0.454 e. The monoisotopic (exact) mass is 597 g/mol. The number of hydrogen-bond donors (Lipinski definition) is 0. The van der Waals surface area contributed by atoms with Gasteiger partial charge in [0.15, 0.2) is 5.58 Å².